The number of rotatable bonds is 1. The lowest BCUT2D eigenvalue weighted by Gasteiger charge is -2.44. The molecule has 4 heteroatoms. The average Bonchev–Trinajstić information content (AvgIpc) is 2.83. The minimum absolute atomic E-state index is 0.132. The Morgan fingerprint density at radius 1 is 1.28 bits per heavy atom. The molecule has 1 aliphatic heterocycles. The predicted molar refractivity (Wildman–Crippen MR) is 72.4 cm³/mol. The molecule has 2 unspecified atom stereocenters. The third-order valence-electron chi connectivity index (χ3n) is 4.35. The zero-order chi connectivity index (χ0) is 12.5. The molecule has 18 heavy (non-hydrogen) atoms. The first kappa shape index (κ1) is 12.3. The van der Waals surface area contributed by atoms with E-state index in [-0.39, 0.29) is 5.91 Å². The van der Waals surface area contributed by atoms with Gasteiger partial charge in [0.05, 0.1) is 11.8 Å². The topological polar surface area (TPSA) is 33.5 Å². The lowest BCUT2D eigenvalue weighted by molar-refractivity contribution is 0.0389. The van der Waals surface area contributed by atoms with E-state index in [0.717, 1.165) is 18.9 Å². The van der Waals surface area contributed by atoms with Crippen molar-refractivity contribution in [3.63, 3.8) is 0 Å². The molecule has 1 aromatic rings. The van der Waals surface area contributed by atoms with Crippen molar-refractivity contribution in [3.05, 3.63) is 22.6 Å². The Kier molecular flexibility index (Phi) is 3.46. The second-order valence-electron chi connectivity index (χ2n) is 5.36. The maximum atomic E-state index is 12.6. The Hall–Kier alpha value is -0.770. The highest BCUT2D eigenvalue weighted by Crippen LogP contribution is 2.36. The van der Waals surface area contributed by atoms with Crippen molar-refractivity contribution in [2.45, 2.75) is 44.6 Å². The fourth-order valence-corrected chi connectivity index (χ4v) is 3.89. The fraction of sp³-hybridized carbons (Fsp3) is 0.643. The van der Waals surface area contributed by atoms with Gasteiger partial charge in [0.2, 0.25) is 0 Å². The number of likely N-dealkylation sites (tertiary alicyclic amines) is 1. The first-order valence-electron chi connectivity index (χ1n) is 6.81. The van der Waals surface area contributed by atoms with E-state index in [0.29, 0.717) is 16.3 Å². The van der Waals surface area contributed by atoms with Crippen LogP contribution in [0.2, 0.25) is 0 Å². The molecule has 2 aliphatic rings. The van der Waals surface area contributed by atoms with Crippen molar-refractivity contribution in [1.82, 2.24) is 4.90 Å². The van der Waals surface area contributed by atoms with Gasteiger partial charge in [0.25, 0.3) is 5.91 Å². The second kappa shape index (κ2) is 5.08. The molecule has 3 rings (SSSR count). The molecular weight excluding hydrogens is 294 g/mol. The maximum Gasteiger partial charge on any atom is 0.258 e. The summed E-state index contributed by atoms with van der Waals surface area (Å²) in [4.78, 5) is 14.7. The quantitative estimate of drug-likeness (QED) is 0.789. The number of amides is 1. The number of carbonyl (C=O) groups is 1. The molecule has 0 radical (unpaired) electrons. The van der Waals surface area contributed by atoms with Crippen molar-refractivity contribution in [3.8, 4) is 0 Å². The normalized spacial score (nSPS) is 27.9. The molecule has 0 spiro atoms. The van der Waals surface area contributed by atoms with Crippen molar-refractivity contribution >= 4 is 21.8 Å². The number of hydrogen-bond acceptors (Lipinski definition) is 2. The predicted octanol–water partition coefficient (Wildman–Crippen LogP) is 3.84. The van der Waals surface area contributed by atoms with Crippen LogP contribution in [0.25, 0.3) is 0 Å². The molecule has 1 aliphatic carbocycles. The highest BCUT2D eigenvalue weighted by Gasteiger charge is 2.36. The van der Waals surface area contributed by atoms with Crippen LogP contribution in [0.3, 0.4) is 0 Å². The Morgan fingerprint density at radius 2 is 2.06 bits per heavy atom. The maximum absolute atomic E-state index is 12.6. The first-order valence-corrected chi connectivity index (χ1v) is 7.60. The van der Waals surface area contributed by atoms with Crippen LogP contribution in [0.5, 0.6) is 0 Å². The third kappa shape index (κ3) is 2.11. The van der Waals surface area contributed by atoms with E-state index in [1.54, 1.807) is 12.3 Å². The van der Waals surface area contributed by atoms with E-state index in [1.165, 1.54) is 32.1 Å². The highest BCUT2D eigenvalue weighted by atomic mass is 79.9. The van der Waals surface area contributed by atoms with Gasteiger partial charge in [-0.15, -0.1) is 0 Å². The monoisotopic (exact) mass is 311 g/mol. The number of halogens is 1. The molecule has 3 nitrogen and oxygen atoms in total. The van der Waals surface area contributed by atoms with Crippen LogP contribution in [0.1, 0.15) is 48.9 Å². The molecule has 1 saturated carbocycles. The summed E-state index contributed by atoms with van der Waals surface area (Å²) >= 11 is 3.31. The molecule has 2 heterocycles. The van der Waals surface area contributed by atoms with Crippen LogP contribution in [-0.2, 0) is 0 Å². The summed E-state index contributed by atoms with van der Waals surface area (Å²) < 4.78 is 5.74. The van der Waals surface area contributed by atoms with E-state index in [4.69, 9.17) is 4.42 Å². The van der Waals surface area contributed by atoms with Gasteiger partial charge in [-0.2, -0.15) is 0 Å². The molecule has 2 fully saturated rings. The molecule has 0 N–H and O–H groups in total. The van der Waals surface area contributed by atoms with E-state index < -0.39 is 0 Å². The van der Waals surface area contributed by atoms with Gasteiger partial charge in [0.15, 0.2) is 4.67 Å². The Morgan fingerprint density at radius 3 is 2.83 bits per heavy atom. The molecule has 0 aromatic carbocycles. The van der Waals surface area contributed by atoms with Crippen LogP contribution < -0.4 is 0 Å². The summed E-state index contributed by atoms with van der Waals surface area (Å²) in [6, 6.07) is 2.22. The van der Waals surface area contributed by atoms with Crippen molar-refractivity contribution in [1.29, 1.82) is 0 Å². The second-order valence-corrected chi connectivity index (χ2v) is 6.08. The number of hydrogen-bond donors (Lipinski definition) is 0. The van der Waals surface area contributed by atoms with Gasteiger partial charge < -0.3 is 9.32 Å². The number of fused-ring (bicyclic) bond motifs is 1. The number of furan rings is 1. The summed E-state index contributed by atoms with van der Waals surface area (Å²) in [5, 5.41) is 0. The molecule has 98 valence electrons. The zero-order valence-corrected chi connectivity index (χ0v) is 12.0. The minimum atomic E-state index is 0.132. The standard InChI is InChI=1S/C14H18BrNO2/c15-13-11(7-9-18-13)14(17)16-8-3-5-10-4-1-2-6-12(10)16/h7,9-10,12H,1-6,8H2. The Balaban J connectivity index is 1.82. The van der Waals surface area contributed by atoms with E-state index in [1.807, 2.05) is 0 Å². The van der Waals surface area contributed by atoms with Gasteiger partial charge in [-0.3, -0.25) is 4.79 Å². The summed E-state index contributed by atoms with van der Waals surface area (Å²) in [6.45, 7) is 0.900. The van der Waals surface area contributed by atoms with Crippen LogP contribution >= 0.6 is 15.9 Å². The van der Waals surface area contributed by atoms with Crippen molar-refractivity contribution < 1.29 is 9.21 Å². The van der Waals surface area contributed by atoms with E-state index in [2.05, 4.69) is 20.8 Å². The minimum Gasteiger partial charge on any atom is -0.457 e. The van der Waals surface area contributed by atoms with Gasteiger partial charge in [0.1, 0.15) is 0 Å². The van der Waals surface area contributed by atoms with Crippen LogP contribution in [-0.4, -0.2) is 23.4 Å². The van der Waals surface area contributed by atoms with Gasteiger partial charge >= 0.3 is 0 Å². The van der Waals surface area contributed by atoms with Gasteiger partial charge in [0, 0.05) is 12.6 Å². The highest BCUT2D eigenvalue weighted by molar-refractivity contribution is 9.10. The summed E-state index contributed by atoms with van der Waals surface area (Å²) in [5.74, 6) is 0.856. The van der Waals surface area contributed by atoms with Crippen LogP contribution in [0.4, 0.5) is 0 Å². The Labute approximate surface area is 116 Å². The number of carbonyl (C=O) groups excluding carboxylic acids is 1. The number of piperidine rings is 1. The molecule has 1 aromatic heterocycles. The zero-order valence-electron chi connectivity index (χ0n) is 10.4. The van der Waals surface area contributed by atoms with Gasteiger partial charge in [-0.25, -0.2) is 0 Å². The lowest BCUT2D eigenvalue weighted by Crippen LogP contribution is -2.49. The summed E-state index contributed by atoms with van der Waals surface area (Å²) in [6.07, 6.45) is 9.06. The van der Waals surface area contributed by atoms with E-state index >= 15 is 0 Å². The van der Waals surface area contributed by atoms with Gasteiger partial charge in [-0.1, -0.05) is 12.8 Å². The summed E-state index contributed by atoms with van der Waals surface area (Å²) in [5.41, 5.74) is 0.668. The largest absolute Gasteiger partial charge is 0.457 e. The van der Waals surface area contributed by atoms with E-state index in [9.17, 15) is 4.79 Å². The molecule has 1 amide bonds. The van der Waals surface area contributed by atoms with Gasteiger partial charge in [-0.05, 0) is 53.6 Å². The SMILES string of the molecule is O=C(c1ccoc1Br)N1CCCC2CCCCC21. The molecule has 0 bridgehead atoms. The van der Waals surface area contributed by atoms with Crippen molar-refractivity contribution in [2.75, 3.05) is 6.54 Å². The molecular formula is C14H18BrNO2. The van der Waals surface area contributed by atoms with Crippen LogP contribution in [0, 0.1) is 5.92 Å². The smallest absolute Gasteiger partial charge is 0.258 e. The Bertz CT molecular complexity index is 441. The molecule has 1 saturated heterocycles. The average molecular weight is 312 g/mol. The number of nitrogens with zero attached hydrogens (tertiary/aromatic N) is 1. The summed E-state index contributed by atoms with van der Waals surface area (Å²) in [7, 11) is 0. The fourth-order valence-electron chi connectivity index (χ4n) is 3.48. The molecule has 2 atom stereocenters. The third-order valence-corrected chi connectivity index (χ3v) is 4.97. The first-order chi connectivity index (χ1) is 8.77. The van der Waals surface area contributed by atoms with Crippen LogP contribution in [0.15, 0.2) is 21.4 Å². The van der Waals surface area contributed by atoms with Crippen molar-refractivity contribution in [2.24, 2.45) is 5.92 Å². The lowest BCUT2D eigenvalue weighted by atomic mass is 9.78.